The van der Waals surface area contributed by atoms with E-state index in [-0.39, 0.29) is 5.41 Å². The molecule has 0 spiro atoms. The fourth-order valence-corrected chi connectivity index (χ4v) is 3.72. The quantitative estimate of drug-likeness (QED) is 0.924. The molecular formula is C18H26N2O. The van der Waals surface area contributed by atoms with E-state index in [4.69, 9.17) is 4.98 Å². The molecule has 1 heterocycles. The Morgan fingerprint density at radius 2 is 2.00 bits per heavy atom. The van der Waals surface area contributed by atoms with Gasteiger partial charge in [0.1, 0.15) is 5.82 Å². The molecule has 1 aliphatic carbocycles. The fraction of sp³-hybridized carbons (Fsp3) is 0.611. The van der Waals surface area contributed by atoms with Crippen LogP contribution in [0.3, 0.4) is 0 Å². The van der Waals surface area contributed by atoms with Gasteiger partial charge in [0, 0.05) is 13.0 Å². The molecule has 2 aromatic rings. The topological polar surface area (TPSA) is 38.0 Å². The van der Waals surface area contributed by atoms with Crippen LogP contribution in [0, 0.1) is 5.41 Å². The van der Waals surface area contributed by atoms with Crippen LogP contribution in [0.4, 0.5) is 0 Å². The molecule has 1 aromatic carbocycles. The lowest BCUT2D eigenvalue weighted by Crippen LogP contribution is -2.42. The second kappa shape index (κ2) is 5.13. The minimum Gasteiger partial charge on any atom is -0.389 e. The Labute approximate surface area is 127 Å². The summed E-state index contributed by atoms with van der Waals surface area (Å²) in [4.78, 5) is 4.81. The number of hydrogen-bond donors (Lipinski definition) is 1. The number of benzene rings is 1. The van der Waals surface area contributed by atoms with E-state index in [1.165, 1.54) is 5.52 Å². The third kappa shape index (κ3) is 2.38. The molecule has 1 unspecified atom stereocenters. The van der Waals surface area contributed by atoms with E-state index in [1.54, 1.807) is 0 Å². The van der Waals surface area contributed by atoms with Crippen LogP contribution in [-0.4, -0.2) is 20.3 Å². The van der Waals surface area contributed by atoms with Gasteiger partial charge in [-0.15, -0.1) is 0 Å². The molecule has 21 heavy (non-hydrogen) atoms. The third-order valence-electron chi connectivity index (χ3n) is 5.28. The van der Waals surface area contributed by atoms with Crippen molar-refractivity contribution in [3.8, 4) is 0 Å². The summed E-state index contributed by atoms with van der Waals surface area (Å²) in [5.74, 6) is 1.04. The van der Waals surface area contributed by atoms with E-state index in [1.807, 2.05) is 6.07 Å². The van der Waals surface area contributed by atoms with Crippen molar-refractivity contribution in [3.05, 3.63) is 30.1 Å². The minimum atomic E-state index is -0.625. The predicted octanol–water partition coefficient (Wildman–Crippen LogP) is 3.93. The van der Waals surface area contributed by atoms with Gasteiger partial charge < -0.3 is 9.67 Å². The van der Waals surface area contributed by atoms with E-state index in [0.29, 0.717) is 6.42 Å². The van der Waals surface area contributed by atoms with Gasteiger partial charge in [0.15, 0.2) is 0 Å². The molecule has 114 valence electrons. The first-order valence-corrected chi connectivity index (χ1v) is 8.13. The highest BCUT2D eigenvalue weighted by Crippen LogP contribution is 2.47. The molecule has 3 rings (SSSR count). The van der Waals surface area contributed by atoms with Crippen LogP contribution < -0.4 is 0 Å². The van der Waals surface area contributed by atoms with E-state index < -0.39 is 5.60 Å². The molecule has 1 fully saturated rings. The zero-order chi connectivity index (χ0) is 15.1. The van der Waals surface area contributed by atoms with Gasteiger partial charge in [0.05, 0.1) is 16.6 Å². The Kier molecular flexibility index (Phi) is 3.56. The Morgan fingerprint density at radius 1 is 1.24 bits per heavy atom. The van der Waals surface area contributed by atoms with Crippen molar-refractivity contribution >= 4 is 11.0 Å². The van der Waals surface area contributed by atoms with Crippen LogP contribution in [0.2, 0.25) is 0 Å². The molecule has 3 nitrogen and oxygen atoms in total. The molecular weight excluding hydrogens is 260 g/mol. The maximum atomic E-state index is 11.1. The van der Waals surface area contributed by atoms with Gasteiger partial charge in [0.25, 0.3) is 0 Å². The van der Waals surface area contributed by atoms with Gasteiger partial charge in [-0.2, -0.15) is 0 Å². The molecule has 1 aliphatic rings. The highest BCUT2D eigenvalue weighted by molar-refractivity contribution is 5.75. The Bertz CT molecular complexity index is 644. The normalized spacial score (nSPS) is 24.8. The van der Waals surface area contributed by atoms with E-state index >= 15 is 0 Å². The number of aromatic nitrogens is 2. The largest absolute Gasteiger partial charge is 0.389 e. The average molecular weight is 286 g/mol. The molecule has 1 aromatic heterocycles. The van der Waals surface area contributed by atoms with E-state index in [2.05, 4.69) is 43.5 Å². The number of aryl methyl sites for hydroxylation is 1. The maximum absolute atomic E-state index is 11.1. The van der Waals surface area contributed by atoms with Crippen LogP contribution in [0.25, 0.3) is 11.0 Å². The van der Waals surface area contributed by atoms with Crippen molar-refractivity contribution in [2.75, 3.05) is 0 Å². The standard InChI is InChI=1S/C18H26N2O/c1-4-12-20-15-9-6-5-8-14(15)19-16(20)13-18(21)11-7-10-17(18,2)3/h5-6,8-9,21H,4,7,10-13H2,1-3H3. The molecule has 1 saturated carbocycles. The number of nitrogens with zero attached hydrogens (tertiary/aromatic N) is 2. The Balaban J connectivity index is 2.02. The summed E-state index contributed by atoms with van der Waals surface area (Å²) in [5, 5.41) is 11.1. The zero-order valence-electron chi connectivity index (χ0n) is 13.4. The molecule has 0 saturated heterocycles. The van der Waals surface area contributed by atoms with Gasteiger partial charge in [-0.3, -0.25) is 0 Å². The van der Waals surface area contributed by atoms with Gasteiger partial charge in [-0.05, 0) is 43.2 Å². The molecule has 0 bridgehead atoms. The van der Waals surface area contributed by atoms with Crippen molar-refractivity contribution in [1.29, 1.82) is 0 Å². The molecule has 3 heteroatoms. The number of hydrogen-bond acceptors (Lipinski definition) is 2. The van der Waals surface area contributed by atoms with Crippen molar-refractivity contribution in [3.63, 3.8) is 0 Å². The first-order chi connectivity index (χ1) is 9.97. The number of rotatable bonds is 4. The SMILES string of the molecule is CCCn1c(CC2(O)CCCC2(C)C)nc2ccccc21. The number of fused-ring (bicyclic) bond motifs is 1. The first kappa shape index (κ1) is 14.6. The van der Waals surface area contributed by atoms with Crippen molar-refractivity contribution in [1.82, 2.24) is 9.55 Å². The van der Waals surface area contributed by atoms with Gasteiger partial charge in [-0.25, -0.2) is 4.98 Å². The highest BCUT2D eigenvalue weighted by atomic mass is 16.3. The van der Waals surface area contributed by atoms with Crippen LogP contribution in [0.15, 0.2) is 24.3 Å². The third-order valence-corrected chi connectivity index (χ3v) is 5.28. The van der Waals surface area contributed by atoms with E-state index in [0.717, 1.165) is 43.6 Å². The predicted molar refractivity (Wildman–Crippen MR) is 86.3 cm³/mol. The van der Waals surface area contributed by atoms with Crippen LogP contribution >= 0.6 is 0 Å². The Hall–Kier alpha value is -1.35. The summed E-state index contributed by atoms with van der Waals surface area (Å²) < 4.78 is 2.29. The monoisotopic (exact) mass is 286 g/mol. The summed E-state index contributed by atoms with van der Waals surface area (Å²) in [7, 11) is 0. The summed E-state index contributed by atoms with van der Waals surface area (Å²) >= 11 is 0. The van der Waals surface area contributed by atoms with E-state index in [9.17, 15) is 5.11 Å². The van der Waals surface area contributed by atoms with Crippen LogP contribution in [0.5, 0.6) is 0 Å². The van der Waals surface area contributed by atoms with Crippen molar-refractivity contribution < 1.29 is 5.11 Å². The number of para-hydroxylation sites is 2. The Morgan fingerprint density at radius 3 is 2.67 bits per heavy atom. The minimum absolute atomic E-state index is 0.0256. The van der Waals surface area contributed by atoms with Gasteiger partial charge in [0.2, 0.25) is 0 Å². The summed E-state index contributed by atoms with van der Waals surface area (Å²) in [6, 6.07) is 8.29. The molecule has 0 aliphatic heterocycles. The first-order valence-electron chi connectivity index (χ1n) is 8.13. The second-order valence-electron chi connectivity index (χ2n) is 7.11. The number of aliphatic hydroxyl groups is 1. The summed E-state index contributed by atoms with van der Waals surface area (Å²) in [5.41, 5.74) is 1.58. The lowest BCUT2D eigenvalue weighted by molar-refractivity contribution is -0.0439. The second-order valence-corrected chi connectivity index (χ2v) is 7.11. The molecule has 0 amide bonds. The van der Waals surface area contributed by atoms with Gasteiger partial charge >= 0.3 is 0 Å². The molecule has 1 atom stereocenters. The smallest absolute Gasteiger partial charge is 0.112 e. The average Bonchev–Trinajstić information content (AvgIpc) is 2.89. The highest BCUT2D eigenvalue weighted by Gasteiger charge is 2.48. The molecule has 0 radical (unpaired) electrons. The summed E-state index contributed by atoms with van der Waals surface area (Å²) in [6.07, 6.45) is 4.83. The van der Waals surface area contributed by atoms with Crippen molar-refractivity contribution in [2.24, 2.45) is 5.41 Å². The van der Waals surface area contributed by atoms with Crippen LogP contribution in [0.1, 0.15) is 52.3 Å². The van der Waals surface area contributed by atoms with Crippen molar-refractivity contribution in [2.45, 2.75) is 65.0 Å². The lowest BCUT2D eigenvalue weighted by Gasteiger charge is -2.36. The summed E-state index contributed by atoms with van der Waals surface area (Å²) in [6.45, 7) is 7.53. The molecule has 1 N–H and O–H groups in total. The zero-order valence-corrected chi connectivity index (χ0v) is 13.4. The van der Waals surface area contributed by atoms with Crippen LogP contribution in [-0.2, 0) is 13.0 Å². The lowest BCUT2D eigenvalue weighted by atomic mass is 9.75. The maximum Gasteiger partial charge on any atom is 0.112 e. The van der Waals surface area contributed by atoms with Gasteiger partial charge in [-0.1, -0.05) is 32.9 Å². The fourth-order valence-electron chi connectivity index (χ4n) is 3.72. The number of imidazole rings is 1.